The van der Waals surface area contributed by atoms with Crippen LogP contribution in [0.1, 0.15) is 6.92 Å². The maximum Gasteiger partial charge on any atom is 0.397 e. The topological polar surface area (TPSA) is 290 Å². The number of carbonyl (C=O) groups excluding carboxylic acids is 1. The number of amides is 1. The number of rotatable bonds is 11. The summed E-state index contributed by atoms with van der Waals surface area (Å²) >= 11 is 0. The second-order valence-electron chi connectivity index (χ2n) is 8.34. The summed E-state index contributed by atoms with van der Waals surface area (Å²) in [5.74, 6) is -3.01. The number of carbonyl (C=O) groups is 1. The average Bonchev–Trinajstić information content (AvgIpc) is 2.85. The van der Waals surface area contributed by atoms with Crippen molar-refractivity contribution >= 4 is 74.2 Å². The molecule has 234 valence electrons. The Morgan fingerprint density at radius 3 is 2.02 bits per heavy atom. The van der Waals surface area contributed by atoms with Crippen molar-refractivity contribution in [3.63, 3.8) is 0 Å². The highest BCUT2D eigenvalue weighted by Gasteiger charge is 2.28. The highest BCUT2D eigenvalue weighted by Crippen LogP contribution is 2.46. The monoisotopic (exact) mass is 683 g/mol. The summed E-state index contributed by atoms with van der Waals surface area (Å²) < 4.78 is 133. The van der Waals surface area contributed by atoms with Crippen LogP contribution in [0.25, 0.3) is 10.8 Å². The Morgan fingerprint density at radius 1 is 0.860 bits per heavy atom. The normalized spacial score (nSPS) is 13.0. The number of phenols is 1. The highest BCUT2D eigenvalue weighted by molar-refractivity contribution is 7.91. The Labute approximate surface area is 244 Å². The van der Waals surface area contributed by atoms with Gasteiger partial charge in [-0.05, 0) is 36.4 Å². The number of hydrogen-bond donors (Lipinski definition) is 5. The molecule has 0 radical (unpaired) electrons. The van der Waals surface area contributed by atoms with Crippen molar-refractivity contribution in [2.24, 2.45) is 10.2 Å². The van der Waals surface area contributed by atoms with Gasteiger partial charge < -0.3 is 15.2 Å². The van der Waals surface area contributed by atoms with Gasteiger partial charge in [-0.25, -0.2) is 12.6 Å². The molecule has 3 rings (SSSR count). The summed E-state index contributed by atoms with van der Waals surface area (Å²) in [5, 5.41) is 19.5. The fraction of sp³-hybridized carbons (Fsp3) is 0.190. The lowest BCUT2D eigenvalue weighted by molar-refractivity contribution is -0.114. The summed E-state index contributed by atoms with van der Waals surface area (Å²) in [6.07, 6.45) is 0. The number of benzene rings is 3. The maximum absolute atomic E-state index is 12.8. The Balaban J connectivity index is 2.27. The first-order valence-electron chi connectivity index (χ1n) is 11.2. The summed E-state index contributed by atoms with van der Waals surface area (Å²) in [5.41, 5.74) is -1.55. The number of methoxy groups -OCH3 is 1. The van der Waals surface area contributed by atoms with E-state index in [1.165, 1.54) is 0 Å². The molecule has 0 atom stereocenters. The van der Waals surface area contributed by atoms with E-state index < -0.39 is 95.6 Å². The van der Waals surface area contributed by atoms with Crippen LogP contribution in [-0.2, 0) is 49.5 Å². The molecule has 0 saturated heterocycles. The molecule has 3 aromatic carbocycles. The van der Waals surface area contributed by atoms with Crippen molar-refractivity contribution in [1.29, 1.82) is 0 Å². The third-order valence-electron chi connectivity index (χ3n) is 5.37. The van der Waals surface area contributed by atoms with Crippen molar-refractivity contribution in [2.45, 2.75) is 21.6 Å². The van der Waals surface area contributed by atoms with Gasteiger partial charge in [-0.1, -0.05) is 0 Å². The fourth-order valence-electron chi connectivity index (χ4n) is 3.68. The van der Waals surface area contributed by atoms with Crippen LogP contribution in [0.2, 0.25) is 0 Å². The first kappa shape index (κ1) is 33.7. The first-order chi connectivity index (χ1) is 19.7. The number of fused-ring (bicyclic) bond motifs is 1. The molecule has 5 N–H and O–H groups in total. The molecule has 0 aliphatic carbocycles. The van der Waals surface area contributed by atoms with Gasteiger partial charge in [-0.3, -0.25) is 18.5 Å². The molecule has 0 unspecified atom stereocenters. The molecule has 22 heteroatoms. The van der Waals surface area contributed by atoms with Gasteiger partial charge in [0.25, 0.3) is 20.2 Å². The third kappa shape index (κ3) is 7.99. The lowest BCUT2D eigenvalue weighted by atomic mass is 10.1. The van der Waals surface area contributed by atoms with E-state index in [2.05, 4.69) is 19.7 Å². The smallest absolute Gasteiger partial charge is 0.397 e. The molecule has 3 aromatic rings. The van der Waals surface area contributed by atoms with E-state index in [0.29, 0.717) is 6.07 Å². The molecule has 0 aromatic heterocycles. The zero-order chi connectivity index (χ0) is 32.5. The van der Waals surface area contributed by atoms with Gasteiger partial charge in [0.15, 0.2) is 15.6 Å². The number of nitrogens with zero attached hydrogens (tertiary/aromatic N) is 2. The number of ether oxygens (including phenoxy) is 1. The van der Waals surface area contributed by atoms with E-state index in [0.717, 1.165) is 44.4 Å². The van der Waals surface area contributed by atoms with Crippen LogP contribution >= 0.6 is 0 Å². The summed E-state index contributed by atoms with van der Waals surface area (Å²) in [4.78, 5) is 9.06. The van der Waals surface area contributed by atoms with E-state index in [-0.39, 0.29) is 17.1 Å². The number of sulfone groups is 1. The minimum Gasteiger partial charge on any atom is -0.505 e. The van der Waals surface area contributed by atoms with Gasteiger partial charge in [0.1, 0.15) is 26.1 Å². The zero-order valence-electron chi connectivity index (χ0n) is 21.7. The van der Waals surface area contributed by atoms with Crippen LogP contribution in [0, 0.1) is 0 Å². The predicted molar refractivity (Wildman–Crippen MR) is 146 cm³/mol. The SMILES string of the molecule is COc1ccc(N=Nc2c(S(=O)(=O)O)cc3c(S(=O)(=O)O)ccc(NC(C)=O)c3c2O)cc1S(=O)(=O)CCOS(=O)(=O)O. The molecule has 0 spiro atoms. The molecule has 0 heterocycles. The van der Waals surface area contributed by atoms with Gasteiger partial charge in [-0.2, -0.15) is 30.4 Å². The predicted octanol–water partition coefficient (Wildman–Crippen LogP) is 2.01. The average molecular weight is 684 g/mol. The summed E-state index contributed by atoms with van der Waals surface area (Å²) in [7, 11) is -18.5. The standard InChI is InChI=1S/C21H21N3O15S4/c1-11(25)22-14-4-6-16(41(29,30)31)13-10-18(42(32,33)34)20(21(26)19(13)14)24-23-12-3-5-15(38-2)17(9-12)40(27,28)8-7-39-43(35,36)37/h3-6,9-10,26H,7-8H2,1-2H3,(H,22,25)(H,29,30,31)(H,32,33,34)(H,35,36,37). The quantitative estimate of drug-likeness (QED) is 0.143. The number of nitrogens with one attached hydrogen (secondary N) is 1. The third-order valence-corrected chi connectivity index (χ3v) is 9.31. The van der Waals surface area contributed by atoms with Crippen LogP contribution in [0.5, 0.6) is 11.5 Å². The van der Waals surface area contributed by atoms with Crippen molar-refractivity contribution < 1.29 is 66.2 Å². The van der Waals surface area contributed by atoms with E-state index in [4.69, 9.17) is 9.29 Å². The van der Waals surface area contributed by atoms with Gasteiger partial charge in [-0.15, -0.1) is 5.11 Å². The summed E-state index contributed by atoms with van der Waals surface area (Å²) in [6, 6.07) is 5.44. The molecular weight excluding hydrogens is 663 g/mol. The van der Waals surface area contributed by atoms with Crippen molar-refractivity contribution in [3.8, 4) is 11.5 Å². The van der Waals surface area contributed by atoms with Crippen molar-refractivity contribution in [2.75, 3.05) is 24.8 Å². The van der Waals surface area contributed by atoms with Crippen molar-refractivity contribution in [1.82, 2.24) is 0 Å². The molecular formula is C21H21N3O15S4. The molecule has 18 nitrogen and oxygen atoms in total. The second kappa shape index (κ2) is 12.1. The minimum atomic E-state index is -5.29. The largest absolute Gasteiger partial charge is 0.505 e. The van der Waals surface area contributed by atoms with Crippen LogP contribution in [0.4, 0.5) is 17.1 Å². The van der Waals surface area contributed by atoms with Crippen LogP contribution < -0.4 is 10.1 Å². The van der Waals surface area contributed by atoms with Gasteiger partial charge in [0, 0.05) is 12.3 Å². The Hall–Kier alpha value is -3.77. The van der Waals surface area contributed by atoms with E-state index in [1.54, 1.807) is 0 Å². The highest BCUT2D eigenvalue weighted by atomic mass is 32.3. The molecule has 1 amide bonds. The Morgan fingerprint density at radius 2 is 1.49 bits per heavy atom. The van der Waals surface area contributed by atoms with Gasteiger partial charge in [0.05, 0.1) is 36.2 Å². The Bertz CT molecular complexity index is 2090. The van der Waals surface area contributed by atoms with E-state index in [1.807, 2.05) is 0 Å². The van der Waals surface area contributed by atoms with Crippen molar-refractivity contribution in [3.05, 3.63) is 36.4 Å². The number of aromatic hydroxyl groups is 1. The van der Waals surface area contributed by atoms with Gasteiger partial charge in [0.2, 0.25) is 5.91 Å². The minimum absolute atomic E-state index is 0.240. The lowest BCUT2D eigenvalue weighted by Crippen LogP contribution is -2.16. The van der Waals surface area contributed by atoms with Crippen LogP contribution in [-0.4, -0.2) is 77.8 Å². The molecule has 0 saturated carbocycles. The van der Waals surface area contributed by atoms with E-state index >= 15 is 0 Å². The molecule has 0 aliphatic rings. The molecule has 0 aliphatic heterocycles. The second-order valence-corrected chi connectivity index (χ2v) is 14.3. The fourth-order valence-corrected chi connectivity index (χ4v) is 6.69. The Kier molecular flexibility index (Phi) is 9.48. The van der Waals surface area contributed by atoms with Gasteiger partial charge >= 0.3 is 10.4 Å². The maximum atomic E-state index is 12.8. The molecule has 0 fully saturated rings. The molecule has 0 bridgehead atoms. The lowest BCUT2D eigenvalue weighted by Gasteiger charge is -2.15. The number of hydrogen-bond acceptors (Lipinski definition) is 14. The van der Waals surface area contributed by atoms with Crippen LogP contribution in [0.3, 0.4) is 0 Å². The van der Waals surface area contributed by atoms with Crippen LogP contribution in [0.15, 0.2) is 61.3 Å². The first-order valence-corrected chi connectivity index (χ1v) is 17.0. The number of azo groups is 1. The number of anilines is 1. The number of phenolic OH excluding ortho intramolecular Hbond substituents is 1. The zero-order valence-corrected chi connectivity index (χ0v) is 25.0. The van der Waals surface area contributed by atoms with E-state index in [9.17, 15) is 52.7 Å². The summed E-state index contributed by atoms with van der Waals surface area (Å²) in [6.45, 7) is 0.0951. The molecule has 43 heavy (non-hydrogen) atoms.